The van der Waals surface area contributed by atoms with Crippen LogP contribution < -0.4 is 5.32 Å². The number of allylic oxidation sites excluding steroid dienone is 2. The lowest BCUT2D eigenvalue weighted by molar-refractivity contribution is -0.115. The fourth-order valence-electron chi connectivity index (χ4n) is 2.79. The zero-order chi connectivity index (χ0) is 15.4. The smallest absolute Gasteiger partial charge is 0.157 e. The minimum Gasteiger partial charge on any atom is -0.377 e. The lowest BCUT2D eigenvalue weighted by Gasteiger charge is -2.25. The topological polar surface area (TPSA) is 29.1 Å². The van der Waals surface area contributed by atoms with Gasteiger partial charge in [0.25, 0.3) is 0 Å². The predicted molar refractivity (Wildman–Crippen MR) is 89.8 cm³/mol. The molecule has 1 aliphatic rings. The summed E-state index contributed by atoms with van der Waals surface area (Å²) < 4.78 is 0. The van der Waals surface area contributed by atoms with Crippen LogP contribution in [0.1, 0.15) is 36.4 Å². The van der Waals surface area contributed by atoms with Crippen LogP contribution in [-0.4, -0.2) is 5.78 Å². The molecular weight excluding hydrogens is 294 g/mol. The summed E-state index contributed by atoms with van der Waals surface area (Å²) in [5, 5.41) is 4.24. The number of carbonyl (C=O) groups excluding carboxylic acids is 1. The monoisotopic (exact) mass is 311 g/mol. The third kappa shape index (κ3) is 3.40. The van der Waals surface area contributed by atoms with E-state index in [1.54, 1.807) is 6.08 Å². The molecule has 0 heterocycles. The highest BCUT2D eigenvalue weighted by Gasteiger charge is 2.19. The molecule has 112 valence electrons. The molecule has 1 unspecified atom stereocenters. The average Bonchev–Trinajstić information content (AvgIpc) is 2.54. The second kappa shape index (κ2) is 6.80. The first-order valence-corrected chi connectivity index (χ1v) is 7.91. The molecule has 0 saturated carbocycles. The van der Waals surface area contributed by atoms with Crippen molar-refractivity contribution in [1.82, 2.24) is 5.32 Å². The molecule has 1 N–H and O–H groups in total. The van der Waals surface area contributed by atoms with E-state index in [-0.39, 0.29) is 11.8 Å². The molecule has 3 rings (SSSR count). The van der Waals surface area contributed by atoms with Crippen LogP contribution >= 0.6 is 11.6 Å². The average molecular weight is 312 g/mol. The minimum atomic E-state index is -0.0490. The summed E-state index contributed by atoms with van der Waals surface area (Å²) in [6, 6.07) is 18.0. The summed E-state index contributed by atoms with van der Waals surface area (Å²) in [7, 11) is 0. The third-order valence-corrected chi connectivity index (χ3v) is 4.23. The van der Waals surface area contributed by atoms with Crippen molar-refractivity contribution < 1.29 is 4.79 Å². The Morgan fingerprint density at radius 1 is 0.955 bits per heavy atom. The molecule has 3 heteroatoms. The summed E-state index contributed by atoms with van der Waals surface area (Å²) >= 11 is 6.39. The second-order valence-corrected chi connectivity index (χ2v) is 5.91. The fraction of sp³-hybridized carbons (Fsp3) is 0.211. The summed E-state index contributed by atoms with van der Waals surface area (Å²) in [6.45, 7) is 0. The lowest BCUT2D eigenvalue weighted by atomic mass is 9.96. The van der Waals surface area contributed by atoms with Gasteiger partial charge >= 0.3 is 0 Å². The molecule has 0 bridgehead atoms. The maximum Gasteiger partial charge on any atom is 0.157 e. The molecule has 0 aliphatic heterocycles. The van der Waals surface area contributed by atoms with Crippen molar-refractivity contribution in [2.75, 3.05) is 0 Å². The third-order valence-electron chi connectivity index (χ3n) is 3.88. The van der Waals surface area contributed by atoms with Gasteiger partial charge in [-0.1, -0.05) is 60.1 Å². The van der Waals surface area contributed by atoms with Crippen LogP contribution in [0.25, 0.3) is 0 Å². The maximum absolute atomic E-state index is 11.7. The first-order chi connectivity index (χ1) is 10.7. The van der Waals surface area contributed by atoms with E-state index >= 15 is 0 Å². The van der Waals surface area contributed by atoms with E-state index < -0.39 is 0 Å². The quantitative estimate of drug-likeness (QED) is 0.890. The second-order valence-electron chi connectivity index (χ2n) is 5.50. The van der Waals surface area contributed by atoms with Gasteiger partial charge in [-0.15, -0.1) is 0 Å². The van der Waals surface area contributed by atoms with Gasteiger partial charge in [0.15, 0.2) is 5.78 Å². The van der Waals surface area contributed by atoms with Gasteiger partial charge in [0.2, 0.25) is 0 Å². The molecule has 0 fully saturated rings. The summed E-state index contributed by atoms with van der Waals surface area (Å²) in [4.78, 5) is 11.7. The van der Waals surface area contributed by atoms with Gasteiger partial charge in [-0.3, -0.25) is 4.79 Å². The highest BCUT2D eigenvalue weighted by molar-refractivity contribution is 6.31. The van der Waals surface area contributed by atoms with Gasteiger partial charge in [-0.25, -0.2) is 0 Å². The Bertz CT molecular complexity index is 694. The van der Waals surface area contributed by atoms with Crippen LogP contribution in [0.5, 0.6) is 0 Å². The van der Waals surface area contributed by atoms with E-state index in [2.05, 4.69) is 17.4 Å². The number of hydrogen-bond donors (Lipinski definition) is 1. The number of nitrogens with one attached hydrogen (secondary N) is 1. The highest BCUT2D eigenvalue weighted by atomic mass is 35.5. The highest BCUT2D eigenvalue weighted by Crippen LogP contribution is 2.30. The molecule has 0 aromatic heterocycles. The van der Waals surface area contributed by atoms with Crippen molar-refractivity contribution >= 4 is 17.4 Å². The fourth-order valence-corrected chi connectivity index (χ4v) is 3.03. The van der Waals surface area contributed by atoms with E-state index in [4.69, 9.17) is 11.6 Å². The van der Waals surface area contributed by atoms with Gasteiger partial charge in [-0.05, 0) is 30.0 Å². The molecule has 0 saturated heterocycles. The Balaban J connectivity index is 1.97. The van der Waals surface area contributed by atoms with Gasteiger partial charge in [0.05, 0.1) is 6.04 Å². The van der Waals surface area contributed by atoms with Crippen molar-refractivity contribution in [2.24, 2.45) is 0 Å². The lowest BCUT2D eigenvalue weighted by Crippen LogP contribution is -2.24. The van der Waals surface area contributed by atoms with Gasteiger partial charge < -0.3 is 5.32 Å². The van der Waals surface area contributed by atoms with E-state index in [0.29, 0.717) is 6.42 Å². The summed E-state index contributed by atoms with van der Waals surface area (Å²) in [5.74, 6) is 0.194. The van der Waals surface area contributed by atoms with Crippen molar-refractivity contribution in [3.63, 3.8) is 0 Å². The van der Waals surface area contributed by atoms with E-state index in [1.807, 2.05) is 42.5 Å². The molecule has 2 nitrogen and oxygen atoms in total. The zero-order valence-corrected chi connectivity index (χ0v) is 13.0. The van der Waals surface area contributed by atoms with Crippen molar-refractivity contribution in [3.05, 3.63) is 82.5 Å². The first kappa shape index (κ1) is 14.9. The van der Waals surface area contributed by atoms with Crippen molar-refractivity contribution in [1.29, 1.82) is 0 Å². The van der Waals surface area contributed by atoms with Gasteiger partial charge in [0.1, 0.15) is 0 Å². The van der Waals surface area contributed by atoms with E-state index in [9.17, 15) is 4.79 Å². The number of ketones is 1. The summed E-state index contributed by atoms with van der Waals surface area (Å²) in [6.07, 6.45) is 4.19. The predicted octanol–water partition coefficient (Wildman–Crippen LogP) is 4.66. The van der Waals surface area contributed by atoms with Crippen LogP contribution in [0.3, 0.4) is 0 Å². The van der Waals surface area contributed by atoms with Crippen LogP contribution in [0, 0.1) is 0 Å². The Morgan fingerprint density at radius 3 is 2.41 bits per heavy atom. The van der Waals surface area contributed by atoms with Crippen LogP contribution in [0.4, 0.5) is 0 Å². The Kier molecular flexibility index (Phi) is 4.59. The van der Waals surface area contributed by atoms with Crippen molar-refractivity contribution in [2.45, 2.75) is 25.3 Å². The molecule has 1 atom stereocenters. The van der Waals surface area contributed by atoms with Gasteiger partial charge in [-0.2, -0.15) is 0 Å². The van der Waals surface area contributed by atoms with E-state index in [1.165, 1.54) is 0 Å². The number of hydrogen-bond acceptors (Lipinski definition) is 2. The Hall–Kier alpha value is -2.06. The zero-order valence-electron chi connectivity index (χ0n) is 12.3. The molecule has 2 aromatic carbocycles. The maximum atomic E-state index is 11.7. The molecule has 0 amide bonds. The Labute approximate surface area is 135 Å². The SMILES string of the molecule is O=C1C=C(NC(c2ccccc2)c2ccccc2Cl)CCC1. The molecular formula is C19H18ClNO. The largest absolute Gasteiger partial charge is 0.377 e. The molecule has 2 aromatic rings. The van der Waals surface area contributed by atoms with Gasteiger partial charge in [0, 0.05) is 23.2 Å². The van der Waals surface area contributed by atoms with Crippen LogP contribution in [0.15, 0.2) is 66.4 Å². The van der Waals surface area contributed by atoms with Crippen molar-refractivity contribution in [3.8, 4) is 0 Å². The number of carbonyl (C=O) groups is 1. The molecule has 0 radical (unpaired) electrons. The Morgan fingerprint density at radius 2 is 1.68 bits per heavy atom. The number of benzene rings is 2. The number of halogens is 1. The molecule has 1 aliphatic carbocycles. The summed E-state index contributed by atoms with van der Waals surface area (Å²) in [5.41, 5.74) is 3.15. The minimum absolute atomic E-state index is 0.0490. The number of rotatable bonds is 4. The standard InChI is InChI=1S/C19H18ClNO/c20-18-12-5-4-11-17(18)19(14-7-2-1-3-8-14)21-15-9-6-10-16(22)13-15/h1-5,7-8,11-13,19,21H,6,9-10H2. The van der Waals surface area contributed by atoms with Crippen LogP contribution in [-0.2, 0) is 4.79 Å². The molecule has 22 heavy (non-hydrogen) atoms. The van der Waals surface area contributed by atoms with Crippen LogP contribution in [0.2, 0.25) is 5.02 Å². The first-order valence-electron chi connectivity index (χ1n) is 7.53. The normalized spacial score (nSPS) is 16.0. The van der Waals surface area contributed by atoms with E-state index in [0.717, 1.165) is 34.7 Å². The molecule has 0 spiro atoms.